The summed E-state index contributed by atoms with van der Waals surface area (Å²) in [5.41, 5.74) is 2.65. The van der Waals surface area contributed by atoms with Crippen molar-refractivity contribution in [2.45, 2.75) is 46.0 Å². The molecular weight excluding hydrogens is 210 g/mol. The summed E-state index contributed by atoms with van der Waals surface area (Å²) in [7, 11) is 2.03. The van der Waals surface area contributed by atoms with Gasteiger partial charge in [-0.1, -0.05) is 25.5 Å². The fourth-order valence-corrected chi connectivity index (χ4v) is 3.93. The highest BCUT2D eigenvalue weighted by molar-refractivity contribution is 5.15. The van der Waals surface area contributed by atoms with E-state index in [-0.39, 0.29) is 0 Å². The Bertz CT molecular complexity index is 410. The van der Waals surface area contributed by atoms with Gasteiger partial charge in [0.2, 0.25) is 0 Å². The molecule has 0 amide bonds. The van der Waals surface area contributed by atoms with Gasteiger partial charge in [-0.15, -0.1) is 5.10 Å². The predicted octanol–water partition coefficient (Wildman–Crippen LogP) is 2.60. The van der Waals surface area contributed by atoms with Crippen LogP contribution in [0.1, 0.15) is 44.5 Å². The van der Waals surface area contributed by atoms with Gasteiger partial charge in [0.25, 0.3) is 0 Å². The van der Waals surface area contributed by atoms with Crippen molar-refractivity contribution in [3.05, 3.63) is 11.4 Å². The number of nitrogens with zero attached hydrogens (tertiary/aromatic N) is 3. The van der Waals surface area contributed by atoms with Crippen LogP contribution in [0.3, 0.4) is 0 Å². The second-order valence-corrected chi connectivity index (χ2v) is 5.97. The number of hydrogen-bond acceptors (Lipinski definition) is 2. The van der Waals surface area contributed by atoms with Crippen molar-refractivity contribution in [3.63, 3.8) is 0 Å². The Morgan fingerprint density at radius 2 is 2.00 bits per heavy atom. The minimum atomic E-state index is 0.914. The third-order valence-electron chi connectivity index (χ3n) is 5.15. The maximum atomic E-state index is 4.31. The first-order valence-electron chi connectivity index (χ1n) is 7.09. The van der Waals surface area contributed by atoms with Gasteiger partial charge in [0.1, 0.15) is 0 Å². The lowest BCUT2D eigenvalue weighted by Crippen LogP contribution is -2.05. The zero-order valence-corrected chi connectivity index (χ0v) is 11.2. The largest absolute Gasteiger partial charge is 0.252 e. The summed E-state index contributed by atoms with van der Waals surface area (Å²) in [6, 6.07) is 0. The van der Waals surface area contributed by atoms with E-state index in [2.05, 4.69) is 24.2 Å². The van der Waals surface area contributed by atoms with Crippen molar-refractivity contribution < 1.29 is 0 Å². The topological polar surface area (TPSA) is 30.7 Å². The highest BCUT2D eigenvalue weighted by Crippen LogP contribution is 2.57. The van der Waals surface area contributed by atoms with Crippen LogP contribution in [0.5, 0.6) is 0 Å². The highest BCUT2D eigenvalue weighted by atomic mass is 15.4. The second-order valence-electron chi connectivity index (χ2n) is 5.97. The van der Waals surface area contributed by atoms with Crippen LogP contribution < -0.4 is 0 Å². The molecule has 0 aromatic carbocycles. The first kappa shape index (κ1) is 11.2. The van der Waals surface area contributed by atoms with Gasteiger partial charge in [-0.2, -0.15) is 0 Å². The summed E-state index contributed by atoms with van der Waals surface area (Å²) in [4.78, 5) is 0. The van der Waals surface area contributed by atoms with Gasteiger partial charge in [0, 0.05) is 7.05 Å². The van der Waals surface area contributed by atoms with Gasteiger partial charge in [-0.05, 0) is 49.4 Å². The van der Waals surface area contributed by atoms with Gasteiger partial charge in [-0.25, -0.2) is 0 Å². The van der Waals surface area contributed by atoms with Crippen LogP contribution in [0.15, 0.2) is 0 Å². The van der Waals surface area contributed by atoms with Crippen LogP contribution in [-0.4, -0.2) is 15.0 Å². The maximum absolute atomic E-state index is 4.31. The molecule has 3 rings (SSSR count). The molecule has 1 unspecified atom stereocenters. The normalized spacial score (nSPS) is 33.2. The van der Waals surface area contributed by atoms with Crippen molar-refractivity contribution in [2.75, 3.05) is 0 Å². The maximum Gasteiger partial charge on any atom is 0.0859 e. The van der Waals surface area contributed by atoms with E-state index in [1.807, 2.05) is 11.7 Å². The Morgan fingerprint density at radius 3 is 2.71 bits per heavy atom. The van der Waals surface area contributed by atoms with E-state index in [1.165, 1.54) is 37.1 Å². The SMILES string of the molecule is CC[C@@H](C)C1[C@H]2CCc3c(nnn3C)CC[C@@H]12. The molecule has 0 N–H and O–H groups in total. The van der Waals surface area contributed by atoms with Gasteiger partial charge >= 0.3 is 0 Å². The molecule has 0 bridgehead atoms. The molecule has 4 atom stereocenters. The fourth-order valence-electron chi connectivity index (χ4n) is 3.93. The molecule has 1 aromatic heterocycles. The highest BCUT2D eigenvalue weighted by Gasteiger charge is 2.51. The minimum absolute atomic E-state index is 0.914. The van der Waals surface area contributed by atoms with Crippen LogP contribution in [0.4, 0.5) is 0 Å². The van der Waals surface area contributed by atoms with Gasteiger partial charge in [0.05, 0.1) is 11.4 Å². The van der Waals surface area contributed by atoms with Crippen LogP contribution in [0, 0.1) is 23.7 Å². The van der Waals surface area contributed by atoms with E-state index in [9.17, 15) is 0 Å². The lowest BCUT2D eigenvalue weighted by molar-refractivity contribution is 0.437. The predicted molar refractivity (Wildman–Crippen MR) is 67.6 cm³/mol. The molecule has 0 spiro atoms. The first-order valence-corrected chi connectivity index (χ1v) is 7.09. The summed E-state index contributed by atoms with van der Waals surface area (Å²) in [6.45, 7) is 4.76. The molecule has 94 valence electrons. The average molecular weight is 233 g/mol. The van der Waals surface area contributed by atoms with E-state index in [4.69, 9.17) is 0 Å². The Hall–Kier alpha value is -0.860. The fraction of sp³-hybridized carbons (Fsp3) is 0.857. The molecule has 0 radical (unpaired) electrons. The van der Waals surface area contributed by atoms with Crippen LogP contribution in [0.2, 0.25) is 0 Å². The third kappa shape index (κ3) is 1.80. The number of fused-ring (bicyclic) bond motifs is 2. The second kappa shape index (κ2) is 4.11. The van der Waals surface area contributed by atoms with Crippen molar-refractivity contribution in [1.29, 1.82) is 0 Å². The van der Waals surface area contributed by atoms with Crippen molar-refractivity contribution in [1.82, 2.24) is 15.0 Å². The smallest absolute Gasteiger partial charge is 0.0859 e. The van der Waals surface area contributed by atoms with Gasteiger partial charge in [0.15, 0.2) is 0 Å². The molecule has 1 saturated carbocycles. The molecule has 1 heterocycles. The average Bonchev–Trinajstić information content (AvgIpc) is 2.88. The molecule has 3 nitrogen and oxygen atoms in total. The molecular formula is C14H23N3. The number of hydrogen-bond donors (Lipinski definition) is 0. The number of aromatic nitrogens is 3. The lowest BCUT2D eigenvalue weighted by Gasteiger charge is -2.07. The lowest BCUT2D eigenvalue weighted by atomic mass is 9.99. The summed E-state index contributed by atoms with van der Waals surface area (Å²) in [6.07, 6.45) is 6.37. The van der Waals surface area contributed by atoms with Crippen LogP contribution >= 0.6 is 0 Å². The Balaban J connectivity index is 1.74. The monoisotopic (exact) mass is 233 g/mol. The Kier molecular flexibility index (Phi) is 2.72. The molecule has 1 aromatic rings. The van der Waals surface area contributed by atoms with E-state index < -0.39 is 0 Å². The zero-order valence-electron chi connectivity index (χ0n) is 11.2. The summed E-state index contributed by atoms with van der Waals surface area (Å²) >= 11 is 0. The van der Waals surface area contributed by atoms with Gasteiger partial charge in [-0.3, -0.25) is 4.68 Å². The van der Waals surface area contributed by atoms with E-state index in [0.717, 1.165) is 30.1 Å². The number of rotatable bonds is 2. The Morgan fingerprint density at radius 1 is 1.29 bits per heavy atom. The molecule has 1 fully saturated rings. The van der Waals surface area contributed by atoms with Crippen molar-refractivity contribution in [3.8, 4) is 0 Å². The van der Waals surface area contributed by atoms with E-state index in [1.54, 1.807) is 0 Å². The van der Waals surface area contributed by atoms with Crippen molar-refractivity contribution in [2.24, 2.45) is 30.7 Å². The quantitative estimate of drug-likeness (QED) is 0.786. The van der Waals surface area contributed by atoms with Crippen LogP contribution in [0.25, 0.3) is 0 Å². The molecule has 17 heavy (non-hydrogen) atoms. The number of aryl methyl sites for hydroxylation is 2. The molecule has 2 aliphatic carbocycles. The molecule has 0 saturated heterocycles. The summed E-state index contributed by atoms with van der Waals surface area (Å²) < 4.78 is 1.98. The molecule has 2 aliphatic rings. The van der Waals surface area contributed by atoms with Crippen LogP contribution in [-0.2, 0) is 19.9 Å². The third-order valence-corrected chi connectivity index (χ3v) is 5.15. The minimum Gasteiger partial charge on any atom is -0.252 e. The summed E-state index contributed by atoms with van der Waals surface area (Å²) in [5.74, 6) is 3.90. The molecule has 3 heteroatoms. The summed E-state index contributed by atoms with van der Waals surface area (Å²) in [5, 5.41) is 8.47. The Labute approximate surface area is 104 Å². The van der Waals surface area contributed by atoms with Crippen molar-refractivity contribution >= 4 is 0 Å². The molecule has 0 aliphatic heterocycles. The zero-order chi connectivity index (χ0) is 12.0. The van der Waals surface area contributed by atoms with Gasteiger partial charge < -0.3 is 0 Å². The first-order chi connectivity index (χ1) is 8.22. The standard InChI is InChI=1S/C14H23N3/c1-4-9(2)14-10-5-7-12-13(8-6-11(10)14)17(3)16-15-12/h9-11,14H,4-8H2,1-3H3/t9-,10-,11+,14?/m1/s1. The van der Waals surface area contributed by atoms with E-state index in [0.29, 0.717) is 0 Å². The van der Waals surface area contributed by atoms with E-state index >= 15 is 0 Å².